The summed E-state index contributed by atoms with van der Waals surface area (Å²) in [6.07, 6.45) is 2.48. The van der Waals surface area contributed by atoms with Gasteiger partial charge in [0.05, 0.1) is 31.2 Å². The number of halogens is 2. The van der Waals surface area contributed by atoms with Crippen molar-refractivity contribution in [3.63, 3.8) is 0 Å². The molecular formula is C15H15ClFN5O2. The first kappa shape index (κ1) is 16.5. The summed E-state index contributed by atoms with van der Waals surface area (Å²) in [5.74, 6) is -0.181. The summed E-state index contributed by atoms with van der Waals surface area (Å²) in [7, 11) is 0. The van der Waals surface area contributed by atoms with Crippen molar-refractivity contribution in [3.8, 4) is 0 Å². The molecule has 1 amide bonds. The highest BCUT2D eigenvalue weighted by molar-refractivity contribution is 6.29. The van der Waals surface area contributed by atoms with Crippen LogP contribution < -0.4 is 10.2 Å². The van der Waals surface area contributed by atoms with E-state index in [1.807, 2.05) is 4.90 Å². The van der Waals surface area contributed by atoms with Gasteiger partial charge in [0.1, 0.15) is 11.6 Å². The summed E-state index contributed by atoms with van der Waals surface area (Å²) in [6, 6.07) is 2.78. The van der Waals surface area contributed by atoms with Crippen molar-refractivity contribution in [2.75, 3.05) is 31.2 Å². The minimum atomic E-state index is -0.454. The lowest BCUT2D eigenvalue weighted by atomic mass is 10.2. The number of hydrogen-bond donors (Lipinski definition) is 1. The van der Waals surface area contributed by atoms with Gasteiger partial charge in [-0.2, -0.15) is 5.10 Å². The van der Waals surface area contributed by atoms with Gasteiger partial charge in [0.2, 0.25) is 0 Å². The molecule has 0 saturated carbocycles. The van der Waals surface area contributed by atoms with Gasteiger partial charge in [-0.25, -0.2) is 9.37 Å². The zero-order chi connectivity index (χ0) is 16.9. The molecule has 2 aromatic rings. The van der Waals surface area contributed by atoms with Crippen LogP contribution in [0.1, 0.15) is 15.9 Å². The topological polar surface area (TPSA) is 80.2 Å². The van der Waals surface area contributed by atoms with Crippen molar-refractivity contribution in [2.45, 2.75) is 6.54 Å². The van der Waals surface area contributed by atoms with Crippen LogP contribution in [-0.4, -0.2) is 47.4 Å². The van der Waals surface area contributed by atoms with E-state index in [9.17, 15) is 9.18 Å². The van der Waals surface area contributed by atoms with Crippen LogP contribution >= 0.6 is 11.6 Å². The van der Waals surface area contributed by atoms with E-state index in [-0.39, 0.29) is 23.2 Å². The summed E-state index contributed by atoms with van der Waals surface area (Å²) < 4.78 is 18.9. The molecule has 126 valence electrons. The standard InChI is InChI=1S/C15H15ClFN5O2/c16-13-6-11(8-20-21-13)15(23)19-7-10-5-12(17)9-18-14(10)22-1-3-24-4-2-22/h5-6,8-9H,1-4,7H2,(H,19,23). The number of rotatable bonds is 4. The molecule has 1 aliphatic heterocycles. The highest BCUT2D eigenvalue weighted by Crippen LogP contribution is 2.20. The minimum absolute atomic E-state index is 0.129. The Kier molecular flexibility index (Phi) is 5.17. The third-order valence-corrected chi connectivity index (χ3v) is 3.73. The largest absolute Gasteiger partial charge is 0.378 e. The van der Waals surface area contributed by atoms with Crippen LogP contribution in [0.3, 0.4) is 0 Å². The highest BCUT2D eigenvalue weighted by atomic mass is 35.5. The predicted octanol–water partition coefficient (Wildman–Crippen LogP) is 1.43. The van der Waals surface area contributed by atoms with Crippen molar-refractivity contribution in [1.82, 2.24) is 20.5 Å². The number of anilines is 1. The van der Waals surface area contributed by atoms with Crippen molar-refractivity contribution in [3.05, 3.63) is 46.6 Å². The zero-order valence-corrected chi connectivity index (χ0v) is 13.5. The number of amides is 1. The van der Waals surface area contributed by atoms with Gasteiger partial charge in [-0.1, -0.05) is 11.6 Å². The van der Waals surface area contributed by atoms with Gasteiger partial charge < -0.3 is 15.0 Å². The molecule has 3 heterocycles. The number of pyridine rings is 1. The molecule has 3 rings (SSSR count). The maximum atomic E-state index is 13.6. The molecule has 0 spiro atoms. The Morgan fingerprint density at radius 3 is 2.88 bits per heavy atom. The van der Waals surface area contributed by atoms with Gasteiger partial charge >= 0.3 is 0 Å². The smallest absolute Gasteiger partial charge is 0.253 e. The van der Waals surface area contributed by atoms with E-state index in [1.165, 1.54) is 24.5 Å². The molecule has 24 heavy (non-hydrogen) atoms. The van der Waals surface area contributed by atoms with E-state index in [0.29, 0.717) is 37.7 Å². The second-order valence-electron chi connectivity index (χ2n) is 5.19. The Morgan fingerprint density at radius 2 is 2.12 bits per heavy atom. The van der Waals surface area contributed by atoms with E-state index < -0.39 is 5.82 Å². The summed E-state index contributed by atoms with van der Waals surface area (Å²) >= 11 is 5.72. The van der Waals surface area contributed by atoms with Gasteiger partial charge in [-0.15, -0.1) is 5.10 Å². The Morgan fingerprint density at radius 1 is 1.33 bits per heavy atom. The van der Waals surface area contributed by atoms with Crippen molar-refractivity contribution >= 4 is 23.3 Å². The fourth-order valence-corrected chi connectivity index (χ4v) is 2.57. The van der Waals surface area contributed by atoms with Crippen LogP contribution in [-0.2, 0) is 11.3 Å². The third kappa shape index (κ3) is 3.95. The molecule has 0 aromatic carbocycles. The molecule has 1 saturated heterocycles. The number of hydrogen-bond acceptors (Lipinski definition) is 6. The van der Waals surface area contributed by atoms with Gasteiger partial charge in [-0.05, 0) is 12.1 Å². The monoisotopic (exact) mass is 351 g/mol. The second-order valence-corrected chi connectivity index (χ2v) is 5.57. The van der Waals surface area contributed by atoms with E-state index in [1.54, 1.807) is 0 Å². The summed E-state index contributed by atoms with van der Waals surface area (Å²) in [4.78, 5) is 18.3. The maximum absolute atomic E-state index is 13.6. The van der Waals surface area contributed by atoms with Crippen molar-refractivity contribution < 1.29 is 13.9 Å². The van der Waals surface area contributed by atoms with Gasteiger partial charge in [0.15, 0.2) is 5.15 Å². The number of nitrogens with zero attached hydrogens (tertiary/aromatic N) is 4. The number of morpholine rings is 1. The van der Waals surface area contributed by atoms with Gasteiger partial charge in [0.25, 0.3) is 5.91 Å². The lowest BCUT2D eigenvalue weighted by molar-refractivity contribution is 0.0950. The average Bonchev–Trinajstić information content (AvgIpc) is 2.60. The Bertz CT molecular complexity index is 740. The molecule has 1 aliphatic rings. The quantitative estimate of drug-likeness (QED) is 0.897. The SMILES string of the molecule is O=C(NCc1cc(F)cnc1N1CCOCC1)c1cnnc(Cl)c1. The van der Waals surface area contributed by atoms with Crippen LogP contribution in [0.25, 0.3) is 0 Å². The predicted molar refractivity (Wildman–Crippen MR) is 85.4 cm³/mol. The Balaban J connectivity index is 1.74. The Labute approximate surface area is 142 Å². The van der Waals surface area contributed by atoms with E-state index in [0.717, 1.165) is 0 Å². The molecule has 0 aliphatic carbocycles. The minimum Gasteiger partial charge on any atom is -0.378 e. The lowest BCUT2D eigenvalue weighted by Crippen LogP contribution is -2.38. The van der Waals surface area contributed by atoms with Crippen molar-refractivity contribution in [1.29, 1.82) is 0 Å². The van der Waals surface area contributed by atoms with E-state index in [4.69, 9.17) is 16.3 Å². The first-order valence-corrected chi connectivity index (χ1v) is 7.75. The van der Waals surface area contributed by atoms with Crippen molar-refractivity contribution in [2.24, 2.45) is 0 Å². The molecule has 1 N–H and O–H groups in total. The zero-order valence-electron chi connectivity index (χ0n) is 12.7. The van der Waals surface area contributed by atoms with Crippen LogP contribution in [0.15, 0.2) is 24.5 Å². The number of nitrogens with one attached hydrogen (secondary N) is 1. The summed E-state index contributed by atoms with van der Waals surface area (Å²) in [6.45, 7) is 2.65. The number of carbonyl (C=O) groups excluding carboxylic acids is 1. The third-order valence-electron chi connectivity index (χ3n) is 3.55. The average molecular weight is 352 g/mol. The summed E-state index contributed by atoms with van der Waals surface area (Å²) in [5.41, 5.74) is 0.880. The van der Waals surface area contributed by atoms with Gasteiger partial charge in [-0.3, -0.25) is 4.79 Å². The molecular weight excluding hydrogens is 337 g/mol. The Hall–Kier alpha value is -2.32. The fraction of sp³-hybridized carbons (Fsp3) is 0.333. The number of carbonyl (C=O) groups is 1. The van der Waals surface area contributed by atoms with Crippen LogP contribution in [0.2, 0.25) is 5.15 Å². The van der Waals surface area contributed by atoms with Crippen LogP contribution in [0.5, 0.6) is 0 Å². The normalized spacial score (nSPS) is 14.5. The van der Waals surface area contributed by atoms with Crippen LogP contribution in [0, 0.1) is 5.82 Å². The highest BCUT2D eigenvalue weighted by Gasteiger charge is 2.17. The molecule has 0 bridgehead atoms. The van der Waals surface area contributed by atoms with E-state index in [2.05, 4.69) is 20.5 Å². The molecule has 1 fully saturated rings. The number of ether oxygens (including phenoxy) is 1. The second kappa shape index (κ2) is 7.50. The first-order valence-electron chi connectivity index (χ1n) is 7.37. The maximum Gasteiger partial charge on any atom is 0.253 e. The molecule has 7 nitrogen and oxygen atoms in total. The molecule has 0 radical (unpaired) electrons. The van der Waals surface area contributed by atoms with E-state index >= 15 is 0 Å². The van der Waals surface area contributed by atoms with Gasteiger partial charge in [0, 0.05) is 25.2 Å². The molecule has 0 atom stereocenters. The number of aromatic nitrogens is 3. The summed E-state index contributed by atoms with van der Waals surface area (Å²) in [5, 5.41) is 10.1. The first-order chi connectivity index (χ1) is 11.6. The lowest BCUT2D eigenvalue weighted by Gasteiger charge is -2.29. The molecule has 9 heteroatoms. The molecule has 2 aromatic heterocycles. The molecule has 0 unspecified atom stereocenters. The fourth-order valence-electron chi connectivity index (χ4n) is 2.41. The van der Waals surface area contributed by atoms with Crippen LogP contribution in [0.4, 0.5) is 10.2 Å².